The number of carbonyl (C=O) groups is 5. The molecule has 0 saturated carbocycles. The molecule has 1 heterocycles. The number of unbranched alkanes of at least 4 members (excludes halogenated alkanes) is 27. The summed E-state index contributed by atoms with van der Waals surface area (Å²) in [5.41, 5.74) is 5.74. The molecule has 8 N–H and O–H groups in total. The number of hydrogen-bond donors (Lipinski definition) is 7. The van der Waals surface area contributed by atoms with Gasteiger partial charge in [0.05, 0.1) is 12.5 Å². The van der Waals surface area contributed by atoms with E-state index in [1.807, 2.05) is 0 Å². The predicted octanol–water partition coefficient (Wildman–Crippen LogP) is 8.93. The molecule has 0 aliphatic carbocycles. The van der Waals surface area contributed by atoms with Crippen molar-refractivity contribution in [2.45, 2.75) is 263 Å². The molecule has 12 nitrogen and oxygen atoms in total. The molecular formula is C50H97N7O5. The second kappa shape index (κ2) is 41.0. The second-order valence-electron chi connectivity index (χ2n) is 18.3. The third-order valence-corrected chi connectivity index (χ3v) is 12.4. The lowest BCUT2D eigenvalue weighted by Gasteiger charge is -2.25. The zero-order valence-corrected chi connectivity index (χ0v) is 40.3. The van der Waals surface area contributed by atoms with Crippen molar-refractivity contribution in [3.8, 4) is 0 Å². The molecular weight excluding hydrogens is 779 g/mol. The van der Waals surface area contributed by atoms with Crippen LogP contribution < -0.4 is 37.6 Å². The van der Waals surface area contributed by atoms with E-state index in [1.54, 1.807) is 6.92 Å². The third kappa shape index (κ3) is 32.0. The normalized spacial score (nSPS) is 15.1. The fraction of sp³-hybridized carbons (Fsp3) is 0.900. The lowest BCUT2D eigenvalue weighted by atomic mass is 10.0. The van der Waals surface area contributed by atoms with Gasteiger partial charge in [-0.25, -0.2) is 0 Å². The predicted molar refractivity (Wildman–Crippen MR) is 257 cm³/mol. The van der Waals surface area contributed by atoms with Gasteiger partial charge in [-0.2, -0.15) is 0 Å². The van der Waals surface area contributed by atoms with E-state index in [0.29, 0.717) is 45.3 Å². The lowest BCUT2D eigenvalue weighted by molar-refractivity contribution is -0.135. The Morgan fingerprint density at radius 1 is 0.516 bits per heavy atom. The first-order chi connectivity index (χ1) is 30.2. The van der Waals surface area contributed by atoms with Crippen molar-refractivity contribution in [2.24, 2.45) is 5.73 Å². The largest absolute Gasteiger partial charge is 0.356 e. The molecule has 0 radical (unpaired) electrons. The molecule has 1 aliphatic heterocycles. The van der Waals surface area contributed by atoms with E-state index in [-0.39, 0.29) is 24.3 Å². The van der Waals surface area contributed by atoms with Crippen LogP contribution in [0.1, 0.15) is 239 Å². The number of nitrogens with two attached hydrogens (primary N) is 1. The number of nitrogens with one attached hydrogen (secondary N) is 6. The van der Waals surface area contributed by atoms with E-state index < -0.39 is 35.8 Å². The average molecular weight is 876 g/mol. The Morgan fingerprint density at radius 2 is 0.952 bits per heavy atom. The Labute approximate surface area is 379 Å². The molecule has 1 fully saturated rings. The fourth-order valence-electron chi connectivity index (χ4n) is 8.29. The van der Waals surface area contributed by atoms with Gasteiger partial charge in [0.1, 0.15) is 18.1 Å². The van der Waals surface area contributed by atoms with Crippen LogP contribution in [0.5, 0.6) is 0 Å². The van der Waals surface area contributed by atoms with E-state index in [2.05, 4.69) is 45.7 Å². The third-order valence-electron chi connectivity index (χ3n) is 12.4. The van der Waals surface area contributed by atoms with Gasteiger partial charge in [-0.1, -0.05) is 181 Å². The summed E-state index contributed by atoms with van der Waals surface area (Å²) in [6.45, 7) is 8.29. The van der Waals surface area contributed by atoms with Crippen molar-refractivity contribution in [1.29, 1.82) is 0 Å². The minimum atomic E-state index is -1.09. The molecule has 0 unspecified atom stereocenters. The van der Waals surface area contributed by atoms with Crippen LogP contribution in [-0.2, 0) is 24.0 Å². The van der Waals surface area contributed by atoms with Crippen molar-refractivity contribution in [1.82, 2.24) is 31.9 Å². The van der Waals surface area contributed by atoms with E-state index in [0.717, 1.165) is 51.5 Å². The molecule has 4 atom stereocenters. The SMILES string of the molecule is CCCCCCCCCCCCCCCCNC(=O)C[C@H](NC(=O)[C@H](CCCCN)NC(=O)[C@H](C)NC(=O)[C@@H]1CCCN1)C(=O)NCCCCCCCCCCCCCCCC. The van der Waals surface area contributed by atoms with E-state index in [9.17, 15) is 24.0 Å². The van der Waals surface area contributed by atoms with Gasteiger partial charge in [-0.15, -0.1) is 0 Å². The molecule has 5 amide bonds. The van der Waals surface area contributed by atoms with Crippen molar-refractivity contribution < 1.29 is 24.0 Å². The van der Waals surface area contributed by atoms with Crippen molar-refractivity contribution in [2.75, 3.05) is 26.2 Å². The van der Waals surface area contributed by atoms with Crippen LogP contribution >= 0.6 is 0 Å². The molecule has 0 spiro atoms. The zero-order valence-electron chi connectivity index (χ0n) is 40.3. The molecule has 1 saturated heterocycles. The molecule has 12 heteroatoms. The molecule has 0 aromatic heterocycles. The van der Waals surface area contributed by atoms with Crippen molar-refractivity contribution in [3.63, 3.8) is 0 Å². The summed E-state index contributed by atoms with van der Waals surface area (Å²) >= 11 is 0. The van der Waals surface area contributed by atoms with E-state index in [4.69, 9.17) is 5.73 Å². The highest BCUT2D eigenvalue weighted by atomic mass is 16.2. The van der Waals surface area contributed by atoms with Crippen LogP contribution in [0.15, 0.2) is 0 Å². The van der Waals surface area contributed by atoms with Crippen LogP contribution in [0.3, 0.4) is 0 Å². The Kier molecular flexibility index (Phi) is 37.9. The van der Waals surface area contributed by atoms with Gasteiger partial charge in [-0.05, 0) is 65.0 Å². The average Bonchev–Trinajstić information content (AvgIpc) is 3.81. The van der Waals surface area contributed by atoms with Crippen LogP contribution in [0.2, 0.25) is 0 Å². The van der Waals surface area contributed by atoms with Gasteiger partial charge >= 0.3 is 0 Å². The fourth-order valence-corrected chi connectivity index (χ4v) is 8.29. The molecule has 0 aromatic rings. The lowest BCUT2D eigenvalue weighted by Crippen LogP contribution is -2.57. The highest BCUT2D eigenvalue weighted by Gasteiger charge is 2.30. The molecule has 0 aromatic carbocycles. The Morgan fingerprint density at radius 3 is 1.39 bits per heavy atom. The quantitative estimate of drug-likeness (QED) is 0.0299. The minimum Gasteiger partial charge on any atom is -0.356 e. The smallest absolute Gasteiger partial charge is 0.243 e. The topological polar surface area (TPSA) is 184 Å². The molecule has 362 valence electrons. The minimum absolute atomic E-state index is 0.195. The number of amides is 5. The van der Waals surface area contributed by atoms with Crippen molar-refractivity contribution in [3.05, 3.63) is 0 Å². The van der Waals surface area contributed by atoms with Gasteiger partial charge in [0.15, 0.2) is 0 Å². The Bertz CT molecular complexity index is 1140. The Balaban J connectivity index is 2.61. The maximum atomic E-state index is 13.8. The van der Waals surface area contributed by atoms with Crippen LogP contribution in [-0.4, -0.2) is 79.9 Å². The van der Waals surface area contributed by atoms with Crippen LogP contribution in [0, 0.1) is 0 Å². The van der Waals surface area contributed by atoms with Gasteiger partial charge in [-0.3, -0.25) is 24.0 Å². The van der Waals surface area contributed by atoms with E-state index >= 15 is 0 Å². The number of rotatable bonds is 43. The molecule has 1 aliphatic rings. The summed E-state index contributed by atoms with van der Waals surface area (Å²) in [4.78, 5) is 66.4. The van der Waals surface area contributed by atoms with Crippen LogP contribution in [0.4, 0.5) is 0 Å². The molecule has 1 rings (SSSR count). The molecule has 62 heavy (non-hydrogen) atoms. The summed E-state index contributed by atoms with van der Waals surface area (Å²) in [6.07, 6.45) is 38.0. The van der Waals surface area contributed by atoms with Gasteiger partial charge in [0.25, 0.3) is 0 Å². The number of hydrogen-bond acceptors (Lipinski definition) is 7. The Hall–Kier alpha value is -2.73. The van der Waals surface area contributed by atoms with Gasteiger partial charge in [0, 0.05) is 13.1 Å². The van der Waals surface area contributed by atoms with Crippen LogP contribution in [0.25, 0.3) is 0 Å². The summed E-state index contributed by atoms with van der Waals surface area (Å²) in [5, 5.41) is 17.4. The van der Waals surface area contributed by atoms with Gasteiger partial charge in [0.2, 0.25) is 29.5 Å². The van der Waals surface area contributed by atoms with Gasteiger partial charge < -0.3 is 37.6 Å². The van der Waals surface area contributed by atoms with Crippen molar-refractivity contribution >= 4 is 29.5 Å². The standard InChI is InChI=1S/C50H97N7O5/c1-4-6-8-10-12-14-16-18-20-22-24-26-28-32-38-53-46(58)41-45(48(60)54-39-33-29-27-25-23-21-19-17-15-13-11-9-7-5-2)57-50(62)44(35-30-31-37-51)56-47(59)42(3)55-49(61)43-36-34-40-52-43/h42-45,52H,4-41,51H2,1-3H3,(H,53,58)(H,54,60)(H,55,61)(H,56,59)(H,57,62)/t42-,43-,44-,45-/m0/s1. The molecule has 0 bridgehead atoms. The summed E-state index contributed by atoms with van der Waals surface area (Å²) in [6, 6.07) is -3.25. The highest BCUT2D eigenvalue weighted by Crippen LogP contribution is 2.15. The monoisotopic (exact) mass is 876 g/mol. The first-order valence-electron chi connectivity index (χ1n) is 26.1. The first kappa shape index (κ1) is 57.3. The maximum Gasteiger partial charge on any atom is 0.243 e. The van der Waals surface area contributed by atoms with E-state index in [1.165, 1.54) is 141 Å². The second-order valence-corrected chi connectivity index (χ2v) is 18.3. The number of carbonyl (C=O) groups excluding carboxylic acids is 5. The zero-order chi connectivity index (χ0) is 45.3. The summed E-state index contributed by atoms with van der Waals surface area (Å²) < 4.78 is 0. The summed E-state index contributed by atoms with van der Waals surface area (Å²) in [7, 11) is 0. The maximum absolute atomic E-state index is 13.8. The highest BCUT2D eigenvalue weighted by molar-refractivity contribution is 5.96. The first-order valence-corrected chi connectivity index (χ1v) is 26.1. The summed E-state index contributed by atoms with van der Waals surface area (Å²) in [5.74, 6) is -1.98.